The van der Waals surface area contributed by atoms with Gasteiger partial charge in [0.1, 0.15) is 5.75 Å². The third-order valence-electron chi connectivity index (χ3n) is 6.82. The first-order valence-electron chi connectivity index (χ1n) is 12.6. The van der Waals surface area contributed by atoms with Gasteiger partial charge >= 0.3 is 0 Å². The lowest BCUT2D eigenvalue weighted by atomic mass is 10.0. The van der Waals surface area contributed by atoms with Crippen LogP contribution >= 0.6 is 12.2 Å². The van der Waals surface area contributed by atoms with Gasteiger partial charge in [-0.15, -0.1) is 0 Å². The first kappa shape index (κ1) is 25.5. The lowest BCUT2D eigenvalue weighted by molar-refractivity contribution is -0.116. The number of thiocarbonyl (C=S) groups is 1. The Balaban J connectivity index is 1.47. The zero-order valence-electron chi connectivity index (χ0n) is 21.7. The lowest BCUT2D eigenvalue weighted by Crippen LogP contribution is -2.33. The molecule has 0 spiro atoms. The summed E-state index contributed by atoms with van der Waals surface area (Å²) >= 11 is 5.82. The molecular weight excluding hydrogens is 494 g/mol. The van der Waals surface area contributed by atoms with Crippen molar-refractivity contribution < 1.29 is 9.53 Å². The summed E-state index contributed by atoms with van der Waals surface area (Å²) in [5.41, 5.74) is 5.98. The number of hydrogen-bond acceptors (Lipinski definition) is 4. The van der Waals surface area contributed by atoms with E-state index in [4.69, 9.17) is 17.0 Å². The summed E-state index contributed by atoms with van der Waals surface area (Å²) < 4.78 is 7.60. The number of amides is 1. The summed E-state index contributed by atoms with van der Waals surface area (Å²) in [5.74, 6) is 0.747. The average molecular weight is 526 g/mol. The number of aryl methyl sites for hydroxylation is 2. The van der Waals surface area contributed by atoms with Crippen LogP contribution in [0.25, 0.3) is 5.69 Å². The van der Waals surface area contributed by atoms with Crippen molar-refractivity contribution in [3.8, 4) is 11.4 Å². The zero-order chi connectivity index (χ0) is 26.6. The number of nitrogens with zero attached hydrogens (tertiary/aromatic N) is 3. The molecule has 1 saturated heterocycles. The Morgan fingerprint density at radius 1 is 1.05 bits per heavy atom. The van der Waals surface area contributed by atoms with Gasteiger partial charge < -0.3 is 24.8 Å². The molecule has 38 heavy (non-hydrogen) atoms. The molecule has 8 heteroatoms. The fraction of sp³-hybridized carbons (Fsp3) is 0.233. The van der Waals surface area contributed by atoms with Gasteiger partial charge in [0.25, 0.3) is 0 Å². The predicted molar refractivity (Wildman–Crippen MR) is 154 cm³/mol. The fourth-order valence-electron chi connectivity index (χ4n) is 5.01. The minimum Gasteiger partial charge on any atom is -0.497 e. The van der Waals surface area contributed by atoms with E-state index in [0.717, 1.165) is 39.8 Å². The van der Waals surface area contributed by atoms with Gasteiger partial charge in [0, 0.05) is 41.9 Å². The number of carbonyl (C=O) groups excluding carboxylic acids is 1. The minimum absolute atomic E-state index is 0.0554. The normalized spacial score (nSPS) is 16.8. The summed E-state index contributed by atoms with van der Waals surface area (Å²) in [6.45, 7) is 4.56. The summed E-state index contributed by atoms with van der Waals surface area (Å²) in [4.78, 5) is 19.7. The smallest absolute Gasteiger partial charge is 0.226 e. The molecule has 194 valence electrons. The van der Waals surface area contributed by atoms with Gasteiger partial charge in [0.05, 0.1) is 24.9 Å². The SMILES string of the molecule is COc1ccc(-n2c(C)ccc2[C@H]2[C@H](c3ccccn3)NC(=S)N2CCC(=O)Nc2cccc(C)c2)cc1. The van der Waals surface area contributed by atoms with Gasteiger partial charge in [0.2, 0.25) is 5.91 Å². The topological polar surface area (TPSA) is 71.4 Å². The van der Waals surface area contributed by atoms with E-state index in [1.165, 1.54) is 0 Å². The zero-order valence-corrected chi connectivity index (χ0v) is 22.5. The van der Waals surface area contributed by atoms with Crippen LogP contribution in [0, 0.1) is 13.8 Å². The number of benzene rings is 2. The Hall–Kier alpha value is -4.17. The third-order valence-corrected chi connectivity index (χ3v) is 7.17. The molecule has 2 aromatic heterocycles. The first-order chi connectivity index (χ1) is 18.4. The van der Waals surface area contributed by atoms with Crippen molar-refractivity contribution in [1.82, 2.24) is 19.8 Å². The highest BCUT2D eigenvalue weighted by molar-refractivity contribution is 7.80. The minimum atomic E-state index is -0.171. The van der Waals surface area contributed by atoms with Gasteiger partial charge in [-0.1, -0.05) is 18.2 Å². The van der Waals surface area contributed by atoms with E-state index < -0.39 is 0 Å². The van der Waals surface area contributed by atoms with E-state index in [9.17, 15) is 4.79 Å². The largest absolute Gasteiger partial charge is 0.497 e. The summed E-state index contributed by atoms with van der Waals surface area (Å²) in [6, 6.07) is 25.6. The molecule has 0 radical (unpaired) electrons. The molecule has 4 aromatic rings. The first-order valence-corrected chi connectivity index (χ1v) is 13.0. The molecule has 5 rings (SSSR count). The molecule has 3 heterocycles. The maximum atomic E-state index is 12.9. The van der Waals surface area contributed by atoms with Crippen LogP contribution in [0.1, 0.15) is 41.1 Å². The molecule has 1 amide bonds. The molecule has 0 unspecified atom stereocenters. The number of carbonyl (C=O) groups is 1. The maximum absolute atomic E-state index is 12.9. The number of nitrogens with one attached hydrogen (secondary N) is 2. The third kappa shape index (κ3) is 5.26. The van der Waals surface area contributed by atoms with Crippen LogP contribution in [0.3, 0.4) is 0 Å². The van der Waals surface area contributed by atoms with Gasteiger partial charge in [-0.25, -0.2) is 0 Å². The van der Waals surface area contributed by atoms with E-state index in [-0.39, 0.29) is 18.0 Å². The second-order valence-electron chi connectivity index (χ2n) is 9.42. The lowest BCUT2D eigenvalue weighted by Gasteiger charge is -2.29. The molecule has 2 atom stereocenters. The fourth-order valence-corrected chi connectivity index (χ4v) is 5.34. The standard InChI is InChI=1S/C30H31N5O2S/c1-20-7-6-8-22(19-20)32-27(36)16-18-34-29(28(33-30(34)38)25-9-4-5-17-31-25)26-15-10-21(2)35(26)23-11-13-24(37-3)14-12-23/h4-15,17,19,28-29H,16,18H2,1-3H3,(H,32,36)(H,33,38)/t28-,29-/m0/s1. The van der Waals surface area contributed by atoms with E-state index in [1.54, 1.807) is 13.3 Å². The molecule has 2 N–H and O–H groups in total. The predicted octanol–water partition coefficient (Wildman–Crippen LogP) is 5.50. The molecule has 1 aliphatic heterocycles. The monoisotopic (exact) mass is 525 g/mol. The quantitative estimate of drug-likeness (QED) is 0.296. The number of aromatic nitrogens is 2. The second-order valence-corrected chi connectivity index (χ2v) is 9.81. The van der Waals surface area contributed by atoms with Crippen molar-refractivity contribution >= 4 is 28.9 Å². The van der Waals surface area contributed by atoms with Crippen molar-refractivity contribution in [2.45, 2.75) is 32.4 Å². The Bertz CT molecular complexity index is 1430. The Morgan fingerprint density at radius 2 is 1.87 bits per heavy atom. The number of anilines is 1. The summed E-state index contributed by atoms with van der Waals surface area (Å²) in [5, 5.41) is 7.10. The summed E-state index contributed by atoms with van der Waals surface area (Å²) in [7, 11) is 1.66. The van der Waals surface area contributed by atoms with Crippen molar-refractivity contribution in [3.63, 3.8) is 0 Å². The molecule has 2 aromatic carbocycles. The number of hydrogen-bond donors (Lipinski definition) is 2. The van der Waals surface area contributed by atoms with Crippen LogP contribution in [0.4, 0.5) is 5.69 Å². The Labute approximate surface area is 228 Å². The molecule has 0 saturated carbocycles. The van der Waals surface area contributed by atoms with Crippen LogP contribution < -0.4 is 15.4 Å². The van der Waals surface area contributed by atoms with Crippen molar-refractivity contribution in [2.75, 3.05) is 19.0 Å². The summed E-state index contributed by atoms with van der Waals surface area (Å²) in [6.07, 6.45) is 2.09. The molecule has 0 aliphatic carbocycles. The van der Waals surface area contributed by atoms with Crippen LogP contribution in [-0.4, -0.2) is 39.1 Å². The number of ether oxygens (including phenoxy) is 1. The molecule has 1 aliphatic rings. The Morgan fingerprint density at radius 3 is 2.58 bits per heavy atom. The molecule has 1 fully saturated rings. The van der Waals surface area contributed by atoms with Crippen LogP contribution in [0.15, 0.2) is 85.1 Å². The van der Waals surface area contributed by atoms with Gasteiger partial charge in [-0.2, -0.15) is 0 Å². The average Bonchev–Trinajstić information content (AvgIpc) is 3.46. The highest BCUT2D eigenvalue weighted by Crippen LogP contribution is 2.40. The highest BCUT2D eigenvalue weighted by atomic mass is 32.1. The molecule has 0 bridgehead atoms. The highest BCUT2D eigenvalue weighted by Gasteiger charge is 2.41. The Kier molecular flexibility index (Phi) is 7.42. The molecular formula is C30H31N5O2S. The van der Waals surface area contributed by atoms with E-state index in [0.29, 0.717) is 18.1 Å². The number of rotatable bonds is 8. The van der Waals surface area contributed by atoms with E-state index >= 15 is 0 Å². The van der Waals surface area contributed by atoms with Gasteiger partial charge in [-0.05, 0) is 92.3 Å². The molecule has 7 nitrogen and oxygen atoms in total. The van der Waals surface area contributed by atoms with Gasteiger partial charge in [0.15, 0.2) is 5.11 Å². The maximum Gasteiger partial charge on any atom is 0.226 e. The van der Waals surface area contributed by atoms with Crippen molar-refractivity contribution in [3.05, 3.63) is 108 Å². The second kappa shape index (κ2) is 11.1. The van der Waals surface area contributed by atoms with E-state index in [1.807, 2.05) is 73.7 Å². The van der Waals surface area contributed by atoms with Gasteiger partial charge in [-0.3, -0.25) is 9.78 Å². The van der Waals surface area contributed by atoms with Crippen LogP contribution in [-0.2, 0) is 4.79 Å². The van der Waals surface area contributed by atoms with Crippen molar-refractivity contribution in [1.29, 1.82) is 0 Å². The van der Waals surface area contributed by atoms with Crippen molar-refractivity contribution in [2.24, 2.45) is 0 Å². The van der Waals surface area contributed by atoms with Crippen LogP contribution in [0.5, 0.6) is 5.75 Å². The van der Waals surface area contributed by atoms with E-state index in [2.05, 4.69) is 44.1 Å². The number of methoxy groups -OCH3 is 1. The number of pyridine rings is 1. The van der Waals surface area contributed by atoms with Crippen LogP contribution in [0.2, 0.25) is 0 Å².